The van der Waals surface area contributed by atoms with Gasteiger partial charge in [0, 0.05) is 11.6 Å². The highest BCUT2D eigenvalue weighted by Crippen LogP contribution is 2.26. The minimum absolute atomic E-state index is 0.281. The standard InChI is InChI=1S/C25H23N7O2/c1-15-7-5-10-21(17(15)3)31-23-20(13-28-31)24(27-14-26-23)32-22(11-16(2)30-32)29-25(33)18-8-6-9-19(12-18)34-4/h5-14H,1-4H3,(H,29,33). The zero-order valence-electron chi connectivity index (χ0n) is 19.3. The largest absolute Gasteiger partial charge is 0.497 e. The lowest BCUT2D eigenvalue weighted by Crippen LogP contribution is -2.16. The number of carbonyl (C=O) groups is 1. The molecule has 0 bridgehead atoms. The molecule has 170 valence electrons. The van der Waals surface area contributed by atoms with E-state index in [4.69, 9.17) is 4.74 Å². The number of nitrogens with zero attached hydrogens (tertiary/aromatic N) is 6. The van der Waals surface area contributed by atoms with Crippen LogP contribution in [-0.2, 0) is 0 Å². The second kappa shape index (κ2) is 8.43. The van der Waals surface area contributed by atoms with E-state index in [2.05, 4.69) is 45.4 Å². The van der Waals surface area contributed by atoms with E-state index >= 15 is 0 Å². The van der Waals surface area contributed by atoms with E-state index in [0.717, 1.165) is 16.9 Å². The van der Waals surface area contributed by atoms with Crippen LogP contribution in [0.25, 0.3) is 22.5 Å². The number of fused-ring (bicyclic) bond motifs is 1. The molecule has 0 spiro atoms. The smallest absolute Gasteiger partial charge is 0.256 e. The van der Waals surface area contributed by atoms with Crippen molar-refractivity contribution in [2.75, 3.05) is 12.4 Å². The van der Waals surface area contributed by atoms with E-state index in [-0.39, 0.29) is 5.91 Å². The summed E-state index contributed by atoms with van der Waals surface area (Å²) in [5.41, 5.74) is 5.09. The Morgan fingerprint density at radius 2 is 1.82 bits per heavy atom. The highest BCUT2D eigenvalue weighted by atomic mass is 16.5. The van der Waals surface area contributed by atoms with Crippen LogP contribution in [0.5, 0.6) is 5.75 Å². The number of aryl methyl sites for hydroxylation is 2. The lowest BCUT2D eigenvalue weighted by molar-refractivity contribution is 0.102. The maximum atomic E-state index is 12.9. The molecule has 1 N–H and O–H groups in total. The Morgan fingerprint density at radius 1 is 1.00 bits per heavy atom. The average molecular weight is 454 g/mol. The van der Waals surface area contributed by atoms with E-state index in [0.29, 0.717) is 34.0 Å². The molecular weight excluding hydrogens is 430 g/mol. The molecule has 0 aliphatic carbocycles. The van der Waals surface area contributed by atoms with Crippen molar-refractivity contribution in [2.24, 2.45) is 0 Å². The zero-order chi connectivity index (χ0) is 23.8. The molecule has 5 aromatic rings. The molecule has 5 rings (SSSR count). The number of benzene rings is 2. The van der Waals surface area contributed by atoms with Gasteiger partial charge in [-0.05, 0) is 56.2 Å². The first-order valence-corrected chi connectivity index (χ1v) is 10.7. The van der Waals surface area contributed by atoms with Crippen molar-refractivity contribution in [1.82, 2.24) is 29.5 Å². The summed E-state index contributed by atoms with van der Waals surface area (Å²) in [4.78, 5) is 21.9. The number of carbonyl (C=O) groups excluding carboxylic acids is 1. The van der Waals surface area contributed by atoms with Gasteiger partial charge in [-0.2, -0.15) is 14.9 Å². The second-order valence-corrected chi connectivity index (χ2v) is 7.98. The van der Waals surface area contributed by atoms with E-state index in [9.17, 15) is 4.79 Å². The molecular formula is C25H23N7O2. The zero-order valence-corrected chi connectivity index (χ0v) is 19.3. The number of aromatic nitrogens is 6. The summed E-state index contributed by atoms with van der Waals surface area (Å²) in [6.07, 6.45) is 3.20. The number of anilines is 1. The maximum absolute atomic E-state index is 12.9. The Kier molecular flexibility index (Phi) is 5.29. The Bertz CT molecular complexity index is 1530. The summed E-state index contributed by atoms with van der Waals surface area (Å²) >= 11 is 0. The quantitative estimate of drug-likeness (QED) is 0.428. The fourth-order valence-corrected chi connectivity index (χ4v) is 3.84. The monoisotopic (exact) mass is 453 g/mol. The van der Waals surface area contributed by atoms with Crippen molar-refractivity contribution in [2.45, 2.75) is 20.8 Å². The van der Waals surface area contributed by atoms with Gasteiger partial charge >= 0.3 is 0 Å². The van der Waals surface area contributed by atoms with Gasteiger partial charge in [-0.15, -0.1) is 0 Å². The van der Waals surface area contributed by atoms with Crippen molar-refractivity contribution >= 4 is 22.8 Å². The Hall–Kier alpha value is -4.53. The van der Waals surface area contributed by atoms with Crippen LogP contribution in [0, 0.1) is 20.8 Å². The van der Waals surface area contributed by atoms with E-state index in [1.807, 2.05) is 19.1 Å². The van der Waals surface area contributed by atoms with E-state index in [1.165, 1.54) is 11.9 Å². The molecule has 34 heavy (non-hydrogen) atoms. The van der Waals surface area contributed by atoms with Gasteiger partial charge in [-0.25, -0.2) is 14.6 Å². The van der Waals surface area contributed by atoms with Crippen LogP contribution in [0.4, 0.5) is 5.82 Å². The first-order valence-electron chi connectivity index (χ1n) is 10.7. The number of methoxy groups -OCH3 is 1. The predicted molar refractivity (Wildman–Crippen MR) is 129 cm³/mol. The van der Waals surface area contributed by atoms with Crippen LogP contribution in [0.2, 0.25) is 0 Å². The molecule has 3 heterocycles. The molecule has 0 aliphatic rings. The Balaban J connectivity index is 1.57. The van der Waals surface area contributed by atoms with Gasteiger partial charge in [0.25, 0.3) is 5.91 Å². The minimum atomic E-state index is -0.281. The Labute approximate surface area is 196 Å². The third-order valence-electron chi connectivity index (χ3n) is 5.75. The number of amides is 1. The molecule has 2 aromatic carbocycles. The van der Waals surface area contributed by atoms with Crippen molar-refractivity contribution in [3.05, 3.63) is 83.4 Å². The van der Waals surface area contributed by atoms with E-state index < -0.39 is 0 Å². The third kappa shape index (κ3) is 3.66. The van der Waals surface area contributed by atoms with Crippen LogP contribution in [0.3, 0.4) is 0 Å². The summed E-state index contributed by atoms with van der Waals surface area (Å²) < 4.78 is 8.63. The van der Waals surface area contributed by atoms with Gasteiger partial charge in [0.05, 0.1) is 30.1 Å². The van der Waals surface area contributed by atoms with Crippen molar-refractivity contribution in [1.29, 1.82) is 0 Å². The molecule has 0 radical (unpaired) electrons. The molecule has 3 aromatic heterocycles. The van der Waals surface area contributed by atoms with Crippen molar-refractivity contribution < 1.29 is 9.53 Å². The SMILES string of the molecule is COc1cccc(C(=O)Nc2cc(C)nn2-c2ncnc3c2cnn3-c2cccc(C)c2C)c1. The van der Waals surface area contributed by atoms with Gasteiger partial charge < -0.3 is 10.1 Å². The van der Waals surface area contributed by atoms with Gasteiger partial charge in [0.1, 0.15) is 17.9 Å². The molecule has 9 heteroatoms. The van der Waals surface area contributed by atoms with Gasteiger partial charge in [0.15, 0.2) is 11.5 Å². The number of hydrogen-bond donors (Lipinski definition) is 1. The average Bonchev–Trinajstić information content (AvgIpc) is 3.44. The first-order chi connectivity index (χ1) is 16.5. The molecule has 0 fully saturated rings. The molecule has 0 unspecified atom stereocenters. The highest BCUT2D eigenvalue weighted by molar-refractivity contribution is 6.04. The minimum Gasteiger partial charge on any atom is -0.497 e. The highest BCUT2D eigenvalue weighted by Gasteiger charge is 2.19. The van der Waals surface area contributed by atoms with Gasteiger partial charge in [0.2, 0.25) is 0 Å². The Morgan fingerprint density at radius 3 is 2.65 bits per heavy atom. The number of hydrogen-bond acceptors (Lipinski definition) is 6. The van der Waals surface area contributed by atoms with Crippen LogP contribution in [0.15, 0.2) is 61.1 Å². The third-order valence-corrected chi connectivity index (χ3v) is 5.75. The summed E-state index contributed by atoms with van der Waals surface area (Å²) in [6, 6.07) is 14.8. The maximum Gasteiger partial charge on any atom is 0.256 e. The summed E-state index contributed by atoms with van der Waals surface area (Å²) in [5.74, 6) is 1.34. The van der Waals surface area contributed by atoms with Crippen LogP contribution >= 0.6 is 0 Å². The van der Waals surface area contributed by atoms with Crippen LogP contribution in [0.1, 0.15) is 27.2 Å². The summed E-state index contributed by atoms with van der Waals surface area (Å²) in [5, 5.41) is 12.8. The lowest BCUT2D eigenvalue weighted by atomic mass is 10.1. The normalized spacial score (nSPS) is 11.1. The number of rotatable bonds is 5. The summed E-state index contributed by atoms with van der Waals surface area (Å²) in [7, 11) is 1.56. The first kappa shape index (κ1) is 21.3. The molecule has 1 amide bonds. The summed E-state index contributed by atoms with van der Waals surface area (Å²) in [6.45, 7) is 5.98. The second-order valence-electron chi connectivity index (χ2n) is 7.98. The fourth-order valence-electron chi connectivity index (χ4n) is 3.84. The molecule has 0 atom stereocenters. The van der Waals surface area contributed by atoms with Crippen LogP contribution < -0.4 is 10.1 Å². The van der Waals surface area contributed by atoms with Gasteiger partial charge in [-0.3, -0.25) is 4.79 Å². The molecule has 0 aliphatic heterocycles. The van der Waals surface area contributed by atoms with Gasteiger partial charge in [-0.1, -0.05) is 18.2 Å². The number of nitrogens with one attached hydrogen (secondary N) is 1. The lowest BCUT2D eigenvalue weighted by Gasteiger charge is -2.11. The number of ether oxygens (including phenoxy) is 1. The van der Waals surface area contributed by atoms with Crippen molar-refractivity contribution in [3.8, 4) is 17.3 Å². The predicted octanol–water partition coefficient (Wildman–Crippen LogP) is 4.19. The topological polar surface area (TPSA) is 99.8 Å². The molecule has 0 saturated heterocycles. The van der Waals surface area contributed by atoms with E-state index in [1.54, 1.807) is 53.0 Å². The van der Waals surface area contributed by atoms with Crippen molar-refractivity contribution in [3.63, 3.8) is 0 Å². The molecule has 9 nitrogen and oxygen atoms in total. The fraction of sp³-hybridized carbons (Fsp3) is 0.160. The molecule has 0 saturated carbocycles. The van der Waals surface area contributed by atoms with Crippen LogP contribution in [-0.4, -0.2) is 42.5 Å².